The van der Waals surface area contributed by atoms with Crippen LogP contribution in [0.2, 0.25) is 0 Å². The average molecular weight is 280 g/mol. The summed E-state index contributed by atoms with van der Waals surface area (Å²) < 4.78 is 10.2. The second-order valence-electron chi connectivity index (χ2n) is 4.78. The molecule has 0 saturated heterocycles. The van der Waals surface area contributed by atoms with E-state index in [0.29, 0.717) is 26.4 Å². The van der Waals surface area contributed by atoms with Gasteiger partial charge < -0.3 is 20.5 Å². The van der Waals surface area contributed by atoms with Crippen molar-refractivity contribution in [2.24, 2.45) is 5.73 Å². The summed E-state index contributed by atoms with van der Waals surface area (Å²) in [6, 6.07) is 9.35. The largest absolute Gasteiger partial charge is 0.382 e. The van der Waals surface area contributed by atoms with Crippen molar-refractivity contribution in [1.29, 1.82) is 0 Å². The van der Waals surface area contributed by atoms with Crippen LogP contribution in [0, 0.1) is 0 Å². The van der Waals surface area contributed by atoms with Crippen LogP contribution in [-0.4, -0.2) is 39.4 Å². The molecule has 0 aliphatic heterocycles. The first-order valence-electron chi connectivity index (χ1n) is 6.78. The Hall–Kier alpha value is -1.43. The van der Waals surface area contributed by atoms with Crippen molar-refractivity contribution in [2.75, 3.05) is 33.5 Å². The third kappa shape index (κ3) is 5.28. The van der Waals surface area contributed by atoms with E-state index in [2.05, 4.69) is 5.32 Å². The zero-order chi connectivity index (χ0) is 14.8. The summed E-state index contributed by atoms with van der Waals surface area (Å²) in [6.45, 7) is 4.01. The lowest BCUT2D eigenvalue weighted by Crippen LogP contribution is -2.49. The van der Waals surface area contributed by atoms with E-state index in [1.807, 2.05) is 30.3 Å². The SMILES string of the molecule is COCCOCCCNC(=O)C(C)(N)c1ccccc1. The molecule has 1 atom stereocenters. The minimum absolute atomic E-state index is 0.180. The summed E-state index contributed by atoms with van der Waals surface area (Å²) in [5.41, 5.74) is 5.89. The molecule has 0 fully saturated rings. The number of nitrogens with one attached hydrogen (secondary N) is 1. The van der Waals surface area contributed by atoms with Crippen LogP contribution >= 0.6 is 0 Å². The van der Waals surface area contributed by atoms with E-state index in [0.717, 1.165) is 12.0 Å². The zero-order valence-corrected chi connectivity index (χ0v) is 12.2. The van der Waals surface area contributed by atoms with Gasteiger partial charge in [-0.05, 0) is 18.9 Å². The topological polar surface area (TPSA) is 73.6 Å². The second kappa shape index (κ2) is 8.68. The molecule has 5 heteroatoms. The summed E-state index contributed by atoms with van der Waals surface area (Å²) >= 11 is 0. The Labute approximate surface area is 120 Å². The number of carbonyl (C=O) groups excluding carboxylic acids is 1. The normalized spacial score (nSPS) is 13.8. The maximum atomic E-state index is 12.1. The average Bonchev–Trinajstić information content (AvgIpc) is 2.47. The van der Waals surface area contributed by atoms with E-state index >= 15 is 0 Å². The lowest BCUT2D eigenvalue weighted by Gasteiger charge is -2.24. The molecule has 20 heavy (non-hydrogen) atoms. The fraction of sp³-hybridized carbons (Fsp3) is 0.533. The van der Waals surface area contributed by atoms with Crippen molar-refractivity contribution in [3.8, 4) is 0 Å². The highest BCUT2D eigenvalue weighted by Crippen LogP contribution is 2.17. The van der Waals surface area contributed by atoms with E-state index in [1.54, 1.807) is 14.0 Å². The number of nitrogens with two attached hydrogens (primary N) is 1. The van der Waals surface area contributed by atoms with Crippen molar-refractivity contribution in [3.63, 3.8) is 0 Å². The van der Waals surface area contributed by atoms with E-state index in [-0.39, 0.29) is 5.91 Å². The molecule has 1 unspecified atom stereocenters. The molecule has 112 valence electrons. The smallest absolute Gasteiger partial charge is 0.244 e. The molecule has 0 spiro atoms. The first kappa shape index (κ1) is 16.6. The molecular weight excluding hydrogens is 256 g/mol. The molecule has 0 aliphatic carbocycles. The minimum Gasteiger partial charge on any atom is -0.382 e. The van der Waals surface area contributed by atoms with Crippen molar-refractivity contribution in [2.45, 2.75) is 18.9 Å². The van der Waals surface area contributed by atoms with Gasteiger partial charge >= 0.3 is 0 Å². The summed E-state index contributed by atoms with van der Waals surface area (Å²) in [5, 5.41) is 2.84. The van der Waals surface area contributed by atoms with Gasteiger partial charge in [-0.25, -0.2) is 0 Å². The van der Waals surface area contributed by atoms with Crippen LogP contribution in [0.1, 0.15) is 18.9 Å². The van der Waals surface area contributed by atoms with Gasteiger partial charge in [-0.3, -0.25) is 4.79 Å². The Balaban J connectivity index is 2.28. The van der Waals surface area contributed by atoms with E-state index < -0.39 is 5.54 Å². The molecule has 0 radical (unpaired) electrons. The van der Waals surface area contributed by atoms with Crippen LogP contribution in [0.25, 0.3) is 0 Å². The van der Waals surface area contributed by atoms with Crippen molar-refractivity contribution < 1.29 is 14.3 Å². The number of hydrogen-bond donors (Lipinski definition) is 2. The fourth-order valence-corrected chi connectivity index (χ4v) is 1.72. The predicted octanol–water partition coefficient (Wildman–Crippen LogP) is 1.03. The Morgan fingerprint density at radius 1 is 1.25 bits per heavy atom. The van der Waals surface area contributed by atoms with Crippen LogP contribution in [0.5, 0.6) is 0 Å². The van der Waals surface area contributed by atoms with Crippen LogP contribution in [0.3, 0.4) is 0 Å². The van der Waals surface area contributed by atoms with Crippen molar-refractivity contribution in [1.82, 2.24) is 5.32 Å². The second-order valence-corrected chi connectivity index (χ2v) is 4.78. The quantitative estimate of drug-likeness (QED) is 0.663. The highest BCUT2D eigenvalue weighted by atomic mass is 16.5. The van der Waals surface area contributed by atoms with Gasteiger partial charge in [-0.15, -0.1) is 0 Å². The van der Waals surface area contributed by atoms with Gasteiger partial charge in [0.1, 0.15) is 5.54 Å². The molecule has 1 aromatic carbocycles. The third-order valence-corrected chi connectivity index (χ3v) is 3.03. The first-order valence-corrected chi connectivity index (χ1v) is 6.78. The van der Waals surface area contributed by atoms with Gasteiger partial charge in [-0.1, -0.05) is 30.3 Å². The minimum atomic E-state index is -1.02. The number of benzene rings is 1. The molecule has 1 rings (SSSR count). The van der Waals surface area contributed by atoms with Crippen molar-refractivity contribution >= 4 is 5.91 Å². The maximum Gasteiger partial charge on any atom is 0.244 e. The Morgan fingerprint density at radius 3 is 2.60 bits per heavy atom. The molecule has 0 heterocycles. The third-order valence-electron chi connectivity index (χ3n) is 3.03. The van der Waals surface area contributed by atoms with Gasteiger partial charge in [0, 0.05) is 20.3 Å². The molecule has 3 N–H and O–H groups in total. The molecule has 0 aromatic heterocycles. The Kier molecular flexibility index (Phi) is 7.22. The Bertz CT molecular complexity index is 393. The van der Waals surface area contributed by atoms with Gasteiger partial charge in [0.25, 0.3) is 0 Å². The zero-order valence-electron chi connectivity index (χ0n) is 12.2. The molecule has 1 amide bonds. The van der Waals surface area contributed by atoms with Crippen LogP contribution in [0.4, 0.5) is 0 Å². The summed E-state index contributed by atoms with van der Waals surface area (Å²) in [4.78, 5) is 12.1. The number of hydrogen-bond acceptors (Lipinski definition) is 4. The number of rotatable bonds is 9. The Morgan fingerprint density at radius 2 is 1.95 bits per heavy atom. The molecule has 5 nitrogen and oxygen atoms in total. The number of carbonyl (C=O) groups is 1. The first-order chi connectivity index (χ1) is 9.59. The molecule has 0 saturated carbocycles. The van der Waals surface area contributed by atoms with E-state index in [4.69, 9.17) is 15.2 Å². The molecule has 1 aromatic rings. The molecule has 0 aliphatic rings. The van der Waals surface area contributed by atoms with Crippen LogP contribution < -0.4 is 11.1 Å². The van der Waals surface area contributed by atoms with Gasteiger partial charge in [-0.2, -0.15) is 0 Å². The standard InChI is InChI=1S/C15H24N2O3/c1-15(16,13-7-4-3-5-8-13)14(18)17-9-6-10-20-12-11-19-2/h3-5,7-8H,6,9-12,16H2,1-2H3,(H,17,18). The fourth-order valence-electron chi connectivity index (χ4n) is 1.72. The number of amides is 1. The molecule has 0 bridgehead atoms. The van der Waals surface area contributed by atoms with Crippen molar-refractivity contribution in [3.05, 3.63) is 35.9 Å². The summed E-state index contributed by atoms with van der Waals surface area (Å²) in [7, 11) is 1.63. The predicted molar refractivity (Wildman–Crippen MR) is 78.3 cm³/mol. The van der Waals surface area contributed by atoms with E-state index in [1.165, 1.54) is 0 Å². The lowest BCUT2D eigenvalue weighted by atomic mass is 9.92. The van der Waals surface area contributed by atoms with E-state index in [9.17, 15) is 4.79 Å². The van der Waals surface area contributed by atoms with Gasteiger partial charge in [0.15, 0.2) is 0 Å². The number of methoxy groups -OCH3 is 1. The summed E-state index contributed by atoms with van der Waals surface area (Å²) in [5.74, 6) is -0.180. The van der Waals surface area contributed by atoms with Crippen LogP contribution in [0.15, 0.2) is 30.3 Å². The molecular formula is C15H24N2O3. The van der Waals surface area contributed by atoms with Gasteiger partial charge in [0.2, 0.25) is 5.91 Å². The lowest BCUT2D eigenvalue weighted by molar-refractivity contribution is -0.126. The van der Waals surface area contributed by atoms with Gasteiger partial charge in [0.05, 0.1) is 13.2 Å². The number of ether oxygens (including phenoxy) is 2. The van der Waals surface area contributed by atoms with Crippen LogP contribution in [-0.2, 0) is 19.8 Å². The maximum absolute atomic E-state index is 12.1. The summed E-state index contributed by atoms with van der Waals surface area (Å²) in [6.07, 6.45) is 0.750. The highest BCUT2D eigenvalue weighted by Gasteiger charge is 2.29. The highest BCUT2D eigenvalue weighted by molar-refractivity contribution is 5.86. The monoisotopic (exact) mass is 280 g/mol.